The van der Waals surface area contributed by atoms with Crippen LogP contribution in [0, 0.1) is 0 Å². The molecule has 1 saturated heterocycles. The van der Waals surface area contributed by atoms with Crippen molar-refractivity contribution in [3.63, 3.8) is 0 Å². The van der Waals surface area contributed by atoms with E-state index >= 15 is 0 Å². The highest BCUT2D eigenvalue weighted by molar-refractivity contribution is 6.77. The Morgan fingerprint density at radius 1 is 0.744 bits per heavy atom. The lowest BCUT2D eigenvalue weighted by atomic mass is 9.94. The Bertz CT molecular complexity index is 1140. The molecule has 0 amide bonds. The Kier molecular flexibility index (Phi) is 12.2. The molecule has 1 fully saturated rings. The average molecular weight is 609 g/mol. The van der Waals surface area contributed by atoms with Gasteiger partial charge in [0, 0.05) is 32.1 Å². The summed E-state index contributed by atoms with van der Waals surface area (Å²) in [5.74, 6) is -0.0610. The van der Waals surface area contributed by atoms with Crippen LogP contribution in [-0.4, -0.2) is 45.3 Å². The van der Waals surface area contributed by atoms with Crippen molar-refractivity contribution < 1.29 is 28.2 Å². The van der Waals surface area contributed by atoms with Crippen LogP contribution in [0.25, 0.3) is 0 Å². The first kappa shape index (κ1) is 33.6. The summed E-state index contributed by atoms with van der Waals surface area (Å²) in [5.41, 5.74) is 3.58. The molecule has 0 aromatic heterocycles. The number of carbonyl (C=O) groups is 1. The van der Waals surface area contributed by atoms with Crippen LogP contribution in [0.1, 0.15) is 84.8 Å². The first-order chi connectivity index (χ1) is 20.6. The van der Waals surface area contributed by atoms with E-state index in [4.69, 9.17) is 23.4 Å². The fourth-order valence-electron chi connectivity index (χ4n) is 6.94. The summed E-state index contributed by atoms with van der Waals surface area (Å²) in [4.78, 5) is 13.2. The second-order valence-corrected chi connectivity index (χ2v) is 18.5. The summed E-state index contributed by atoms with van der Waals surface area (Å²) in [6.07, 6.45) is 4.09. The van der Waals surface area contributed by atoms with E-state index in [1.807, 2.05) is 42.5 Å². The SMILES string of the molecule is CC(C)[Si](OC1=C[C@@]2(CC(=O)C[C@H](CCOCc3ccccc3)O2)O[C@@H](CCOCc2ccccc2)C1)(C(C)C)C(C)C. The summed E-state index contributed by atoms with van der Waals surface area (Å²) < 4.78 is 32.5. The van der Waals surface area contributed by atoms with Crippen LogP contribution in [0.3, 0.4) is 0 Å². The maximum atomic E-state index is 13.2. The quantitative estimate of drug-likeness (QED) is 0.149. The van der Waals surface area contributed by atoms with Crippen molar-refractivity contribution in [2.45, 2.75) is 121 Å². The number of ether oxygens (including phenoxy) is 4. The third-order valence-corrected chi connectivity index (χ3v) is 14.9. The number of hydrogen-bond acceptors (Lipinski definition) is 6. The van der Waals surface area contributed by atoms with Gasteiger partial charge in [-0.05, 0) is 40.6 Å². The highest BCUT2D eigenvalue weighted by Gasteiger charge is 2.50. The smallest absolute Gasteiger partial charge is 0.258 e. The van der Waals surface area contributed by atoms with E-state index in [1.165, 1.54) is 0 Å². The molecule has 2 aliphatic heterocycles. The van der Waals surface area contributed by atoms with Crippen LogP contribution in [-0.2, 0) is 41.4 Å². The van der Waals surface area contributed by atoms with E-state index in [9.17, 15) is 4.79 Å². The van der Waals surface area contributed by atoms with E-state index in [0.717, 1.165) is 16.9 Å². The molecule has 2 aliphatic rings. The van der Waals surface area contributed by atoms with Crippen molar-refractivity contribution in [1.82, 2.24) is 0 Å². The molecule has 0 bridgehead atoms. The summed E-state index contributed by atoms with van der Waals surface area (Å²) in [6, 6.07) is 20.3. The lowest BCUT2D eigenvalue weighted by molar-refractivity contribution is -0.271. The zero-order chi connectivity index (χ0) is 30.9. The van der Waals surface area contributed by atoms with Crippen molar-refractivity contribution in [3.05, 3.63) is 83.6 Å². The molecule has 0 radical (unpaired) electrons. The van der Waals surface area contributed by atoms with E-state index in [-0.39, 0.29) is 24.4 Å². The number of hydrogen-bond donors (Lipinski definition) is 0. The molecule has 0 saturated carbocycles. The molecule has 2 aromatic carbocycles. The van der Waals surface area contributed by atoms with E-state index in [2.05, 4.69) is 65.8 Å². The number of Topliss-reactive ketones (excluding diaryl/α,β-unsaturated/α-hetero) is 1. The largest absolute Gasteiger partial charge is 0.546 e. The van der Waals surface area contributed by atoms with Gasteiger partial charge < -0.3 is 23.4 Å². The molecule has 236 valence electrons. The van der Waals surface area contributed by atoms with Crippen LogP contribution >= 0.6 is 0 Å². The molecule has 2 aromatic rings. The Morgan fingerprint density at radius 2 is 1.21 bits per heavy atom. The number of benzene rings is 2. The number of carbonyl (C=O) groups excluding carboxylic acids is 1. The monoisotopic (exact) mass is 608 g/mol. The van der Waals surface area contributed by atoms with Gasteiger partial charge in [-0.3, -0.25) is 4.79 Å². The fraction of sp³-hybridized carbons (Fsp3) is 0.583. The van der Waals surface area contributed by atoms with Gasteiger partial charge in [-0.2, -0.15) is 0 Å². The zero-order valence-electron chi connectivity index (χ0n) is 27.1. The van der Waals surface area contributed by atoms with Crippen molar-refractivity contribution in [1.29, 1.82) is 0 Å². The molecule has 2 heterocycles. The van der Waals surface area contributed by atoms with Crippen molar-refractivity contribution in [2.24, 2.45) is 0 Å². The molecule has 3 atom stereocenters. The minimum absolute atomic E-state index is 0.149. The molecular weight excluding hydrogens is 556 g/mol. The second kappa shape index (κ2) is 15.6. The molecule has 0 N–H and O–H groups in total. The predicted octanol–water partition coefficient (Wildman–Crippen LogP) is 8.51. The van der Waals surface area contributed by atoms with Gasteiger partial charge in [0.1, 0.15) is 5.78 Å². The van der Waals surface area contributed by atoms with Gasteiger partial charge in [-0.15, -0.1) is 0 Å². The molecule has 0 unspecified atom stereocenters. The average Bonchev–Trinajstić information content (AvgIpc) is 2.96. The minimum atomic E-state index is -2.21. The Balaban J connectivity index is 1.48. The minimum Gasteiger partial charge on any atom is -0.546 e. The Labute approximate surface area is 260 Å². The van der Waals surface area contributed by atoms with Gasteiger partial charge in [0.2, 0.25) is 0 Å². The van der Waals surface area contributed by atoms with Gasteiger partial charge in [-0.1, -0.05) is 102 Å². The first-order valence-corrected chi connectivity index (χ1v) is 18.3. The topological polar surface area (TPSA) is 63.2 Å². The Morgan fingerprint density at radius 3 is 1.67 bits per heavy atom. The molecule has 1 spiro atoms. The van der Waals surface area contributed by atoms with Gasteiger partial charge in [0.25, 0.3) is 8.32 Å². The maximum absolute atomic E-state index is 13.2. The summed E-state index contributed by atoms with van der Waals surface area (Å²) in [5, 5.41) is 0. The standard InChI is InChI=1S/C36H52O6Si/c1-27(2)43(28(3)4,29(5)6)42-35-22-34(18-20-39-26-31-15-11-8-12-16-31)41-36(24-35)23-32(37)21-33(40-36)17-19-38-25-30-13-9-7-10-14-30/h7-16,24,27-29,33-34H,17-23,25-26H2,1-6H3/t33-,34-,36+/m0/s1. The lowest BCUT2D eigenvalue weighted by Crippen LogP contribution is -2.52. The van der Waals surface area contributed by atoms with Gasteiger partial charge in [-0.25, -0.2) is 0 Å². The Hall–Kier alpha value is -2.29. The molecule has 43 heavy (non-hydrogen) atoms. The zero-order valence-corrected chi connectivity index (χ0v) is 28.1. The van der Waals surface area contributed by atoms with Crippen LogP contribution in [0.2, 0.25) is 16.6 Å². The predicted molar refractivity (Wildman–Crippen MR) is 173 cm³/mol. The summed E-state index contributed by atoms with van der Waals surface area (Å²) in [7, 11) is -2.21. The van der Waals surface area contributed by atoms with E-state index < -0.39 is 14.1 Å². The molecular formula is C36H52O6Si. The first-order valence-electron chi connectivity index (χ1n) is 16.1. The van der Waals surface area contributed by atoms with Crippen molar-refractivity contribution in [2.75, 3.05) is 13.2 Å². The molecule has 7 heteroatoms. The molecule has 6 nitrogen and oxygen atoms in total. The van der Waals surface area contributed by atoms with E-state index in [0.29, 0.717) is 68.7 Å². The normalized spacial score (nSPS) is 22.9. The fourth-order valence-corrected chi connectivity index (χ4v) is 12.2. The van der Waals surface area contributed by atoms with Crippen molar-refractivity contribution >= 4 is 14.1 Å². The highest BCUT2D eigenvalue weighted by Crippen LogP contribution is 2.46. The summed E-state index contributed by atoms with van der Waals surface area (Å²) in [6.45, 7) is 15.9. The third-order valence-electron chi connectivity index (χ3n) is 8.85. The number of ketones is 1. The van der Waals surface area contributed by atoms with Crippen molar-refractivity contribution in [3.8, 4) is 0 Å². The van der Waals surface area contributed by atoms with Crippen LogP contribution < -0.4 is 0 Å². The second-order valence-electron chi connectivity index (χ2n) is 13.1. The third kappa shape index (κ3) is 9.11. The maximum Gasteiger partial charge on any atom is 0.258 e. The lowest BCUT2D eigenvalue weighted by Gasteiger charge is -2.47. The molecule has 0 aliphatic carbocycles. The van der Waals surface area contributed by atoms with Crippen LogP contribution in [0.15, 0.2) is 72.5 Å². The van der Waals surface area contributed by atoms with E-state index in [1.54, 1.807) is 0 Å². The highest BCUT2D eigenvalue weighted by atomic mass is 28.4. The summed E-state index contributed by atoms with van der Waals surface area (Å²) >= 11 is 0. The number of rotatable bonds is 15. The van der Waals surface area contributed by atoms with Gasteiger partial charge in [0.15, 0.2) is 5.79 Å². The van der Waals surface area contributed by atoms with Gasteiger partial charge >= 0.3 is 0 Å². The van der Waals surface area contributed by atoms with Gasteiger partial charge in [0.05, 0.1) is 37.6 Å². The molecule has 4 rings (SSSR count). The van der Waals surface area contributed by atoms with Crippen LogP contribution in [0.4, 0.5) is 0 Å². The van der Waals surface area contributed by atoms with Crippen LogP contribution in [0.5, 0.6) is 0 Å².